The van der Waals surface area contributed by atoms with E-state index in [2.05, 4.69) is 4.98 Å². The van der Waals surface area contributed by atoms with E-state index >= 15 is 0 Å². The molecule has 1 aliphatic heterocycles. The van der Waals surface area contributed by atoms with Crippen molar-refractivity contribution in [2.24, 2.45) is 0 Å². The molecule has 1 fully saturated rings. The molecule has 1 aromatic heterocycles. The van der Waals surface area contributed by atoms with Crippen molar-refractivity contribution in [3.63, 3.8) is 0 Å². The van der Waals surface area contributed by atoms with Crippen molar-refractivity contribution >= 4 is 27.0 Å². The first-order valence-electron chi connectivity index (χ1n) is 6.11. The van der Waals surface area contributed by atoms with E-state index in [0.29, 0.717) is 18.6 Å². The highest BCUT2D eigenvalue weighted by Gasteiger charge is 2.29. The predicted octanol–water partition coefficient (Wildman–Crippen LogP) is 1.78. The Labute approximate surface area is 111 Å². The number of Topliss-reactive ketones (excluding diaryl/α,β-unsaturated/α-hetero) is 1. The zero-order valence-electron chi connectivity index (χ0n) is 10.4. The average molecular weight is 287 g/mol. The Morgan fingerprint density at radius 3 is 2.94 bits per heavy atom. The smallest absolute Gasteiger partial charge is 0.153 e. The first kappa shape index (κ1) is 13.7. The first-order chi connectivity index (χ1) is 8.47. The highest BCUT2D eigenvalue weighted by Crippen LogP contribution is 2.24. The number of hydrogen-bond donors (Lipinski definition) is 0. The molecule has 0 N–H and O–H groups in total. The van der Waals surface area contributed by atoms with Gasteiger partial charge in [0.1, 0.15) is 5.78 Å². The Morgan fingerprint density at radius 1 is 1.50 bits per heavy atom. The largest absolute Gasteiger partial charge is 0.300 e. The summed E-state index contributed by atoms with van der Waals surface area (Å²) in [5.74, 6) is 0.390. The van der Waals surface area contributed by atoms with Gasteiger partial charge in [0.15, 0.2) is 9.84 Å². The van der Waals surface area contributed by atoms with Crippen molar-refractivity contribution in [1.29, 1.82) is 0 Å². The molecule has 0 aromatic carbocycles. The molecule has 6 heteroatoms. The van der Waals surface area contributed by atoms with Crippen molar-refractivity contribution < 1.29 is 13.2 Å². The van der Waals surface area contributed by atoms with Gasteiger partial charge in [0.25, 0.3) is 0 Å². The Morgan fingerprint density at radius 2 is 2.28 bits per heavy atom. The fourth-order valence-corrected chi connectivity index (χ4v) is 5.08. The van der Waals surface area contributed by atoms with Gasteiger partial charge in [0.05, 0.1) is 21.7 Å². The van der Waals surface area contributed by atoms with E-state index in [9.17, 15) is 13.2 Å². The van der Waals surface area contributed by atoms with E-state index in [1.165, 1.54) is 18.3 Å². The summed E-state index contributed by atoms with van der Waals surface area (Å²) < 4.78 is 23.8. The van der Waals surface area contributed by atoms with Gasteiger partial charge in [-0.25, -0.2) is 13.4 Å². The van der Waals surface area contributed by atoms with E-state index < -0.39 is 9.84 Å². The summed E-state index contributed by atoms with van der Waals surface area (Å²) in [5, 5.41) is 2.41. The van der Waals surface area contributed by atoms with Crippen LogP contribution in [-0.4, -0.2) is 30.2 Å². The molecule has 0 radical (unpaired) electrons. The number of nitrogens with zero attached hydrogens (tertiary/aromatic N) is 1. The minimum Gasteiger partial charge on any atom is -0.300 e. The van der Waals surface area contributed by atoms with Crippen LogP contribution in [0.1, 0.15) is 36.9 Å². The Balaban J connectivity index is 2.04. The molecule has 1 aliphatic rings. The number of carbonyl (C=O) groups excluding carboxylic acids is 1. The third kappa shape index (κ3) is 3.38. The van der Waals surface area contributed by atoms with Gasteiger partial charge in [-0.3, -0.25) is 4.79 Å². The van der Waals surface area contributed by atoms with Gasteiger partial charge in [-0.05, 0) is 19.8 Å². The highest BCUT2D eigenvalue weighted by molar-refractivity contribution is 7.92. The maximum Gasteiger partial charge on any atom is 0.153 e. The lowest BCUT2D eigenvalue weighted by Crippen LogP contribution is -2.30. The second kappa shape index (κ2) is 5.48. The van der Waals surface area contributed by atoms with Gasteiger partial charge in [-0.2, -0.15) is 0 Å². The Kier molecular flexibility index (Phi) is 4.17. The third-order valence-corrected chi connectivity index (χ3v) is 6.34. The van der Waals surface area contributed by atoms with E-state index in [-0.39, 0.29) is 11.0 Å². The molecule has 18 heavy (non-hydrogen) atoms. The first-order valence-corrected chi connectivity index (χ1v) is 8.71. The SMILES string of the molecule is CC(=O)Cc1csc(CC2CCCCS2(=O)=O)n1. The highest BCUT2D eigenvalue weighted by atomic mass is 32.2. The number of sulfone groups is 1. The summed E-state index contributed by atoms with van der Waals surface area (Å²) in [4.78, 5) is 15.3. The number of rotatable bonds is 4. The van der Waals surface area contributed by atoms with Crippen molar-refractivity contribution in [3.8, 4) is 0 Å². The number of ketones is 1. The number of carbonyl (C=O) groups is 1. The monoisotopic (exact) mass is 287 g/mol. The lowest BCUT2D eigenvalue weighted by molar-refractivity contribution is -0.116. The quantitative estimate of drug-likeness (QED) is 0.847. The average Bonchev–Trinajstić information content (AvgIpc) is 2.68. The van der Waals surface area contributed by atoms with Crippen LogP contribution in [0, 0.1) is 0 Å². The molecule has 0 amide bonds. The molecule has 2 rings (SSSR count). The molecule has 1 atom stereocenters. The topological polar surface area (TPSA) is 64.1 Å². The van der Waals surface area contributed by atoms with Crippen molar-refractivity contribution in [3.05, 3.63) is 16.1 Å². The Hall–Kier alpha value is -0.750. The molecule has 1 aromatic rings. The molecule has 0 spiro atoms. The van der Waals surface area contributed by atoms with E-state index in [4.69, 9.17) is 0 Å². The molecule has 1 unspecified atom stereocenters. The van der Waals surface area contributed by atoms with Gasteiger partial charge in [-0.15, -0.1) is 11.3 Å². The van der Waals surface area contributed by atoms with E-state index in [1.807, 2.05) is 5.38 Å². The molecule has 1 saturated heterocycles. The number of hydrogen-bond acceptors (Lipinski definition) is 5. The minimum atomic E-state index is -2.94. The van der Waals surface area contributed by atoms with Gasteiger partial charge in [-0.1, -0.05) is 6.42 Å². The van der Waals surface area contributed by atoms with Crippen LogP contribution in [-0.2, 0) is 27.5 Å². The Bertz CT molecular complexity index is 533. The maximum absolute atomic E-state index is 11.9. The molecular formula is C12H17NO3S2. The number of thiazole rings is 1. The van der Waals surface area contributed by atoms with E-state index in [0.717, 1.165) is 30.0 Å². The standard InChI is InChI=1S/C12H17NO3S2/c1-9(14)6-10-8-17-12(13-10)7-11-4-2-3-5-18(11,15)16/h8,11H,2-7H2,1H3. The van der Waals surface area contributed by atoms with Gasteiger partial charge < -0.3 is 0 Å². The zero-order chi connectivity index (χ0) is 13.2. The van der Waals surface area contributed by atoms with Crippen molar-refractivity contribution in [1.82, 2.24) is 4.98 Å². The molecule has 4 nitrogen and oxygen atoms in total. The summed E-state index contributed by atoms with van der Waals surface area (Å²) >= 11 is 1.46. The van der Waals surface area contributed by atoms with Crippen LogP contribution >= 0.6 is 11.3 Å². The second-order valence-corrected chi connectivity index (χ2v) is 8.14. The van der Waals surface area contributed by atoms with Crippen molar-refractivity contribution in [2.45, 2.75) is 44.3 Å². The number of aromatic nitrogens is 1. The lowest BCUT2D eigenvalue weighted by atomic mass is 10.1. The van der Waals surface area contributed by atoms with Crippen molar-refractivity contribution in [2.75, 3.05) is 5.75 Å². The molecule has 0 aliphatic carbocycles. The van der Waals surface area contributed by atoms with Gasteiger partial charge in [0, 0.05) is 18.2 Å². The van der Waals surface area contributed by atoms with Crippen LogP contribution < -0.4 is 0 Å². The molecule has 0 bridgehead atoms. The molecule has 0 saturated carbocycles. The predicted molar refractivity (Wildman–Crippen MR) is 71.6 cm³/mol. The molecule has 2 heterocycles. The minimum absolute atomic E-state index is 0.0807. The van der Waals surface area contributed by atoms with Crippen LogP contribution in [0.5, 0.6) is 0 Å². The summed E-state index contributed by atoms with van der Waals surface area (Å²) in [6.07, 6.45) is 3.35. The van der Waals surface area contributed by atoms with Crippen LogP contribution in [0.3, 0.4) is 0 Å². The molecule has 100 valence electrons. The van der Waals surface area contributed by atoms with E-state index in [1.54, 1.807) is 0 Å². The van der Waals surface area contributed by atoms with Crippen LogP contribution in [0.25, 0.3) is 0 Å². The fourth-order valence-electron chi connectivity index (χ4n) is 2.22. The van der Waals surface area contributed by atoms with Gasteiger partial charge >= 0.3 is 0 Å². The fraction of sp³-hybridized carbons (Fsp3) is 0.667. The zero-order valence-corrected chi connectivity index (χ0v) is 12.0. The summed E-state index contributed by atoms with van der Waals surface area (Å²) in [6.45, 7) is 1.53. The maximum atomic E-state index is 11.9. The van der Waals surface area contributed by atoms with Gasteiger partial charge in [0.2, 0.25) is 0 Å². The summed E-state index contributed by atoms with van der Waals surface area (Å²) in [7, 11) is -2.94. The normalized spacial score (nSPS) is 22.8. The summed E-state index contributed by atoms with van der Waals surface area (Å²) in [6, 6.07) is 0. The van der Waals surface area contributed by atoms with Crippen LogP contribution in [0.4, 0.5) is 0 Å². The van der Waals surface area contributed by atoms with Crippen LogP contribution in [0.15, 0.2) is 5.38 Å². The lowest BCUT2D eigenvalue weighted by Gasteiger charge is -2.21. The third-order valence-electron chi connectivity index (χ3n) is 3.14. The summed E-state index contributed by atoms with van der Waals surface area (Å²) in [5.41, 5.74) is 0.760. The molecular weight excluding hydrogens is 270 g/mol. The second-order valence-electron chi connectivity index (χ2n) is 4.80. The van der Waals surface area contributed by atoms with Crippen LogP contribution in [0.2, 0.25) is 0 Å².